The Labute approximate surface area is 141 Å². The number of H-pyrrole nitrogens is 1. The van der Waals surface area contributed by atoms with Crippen LogP contribution in [0.5, 0.6) is 5.75 Å². The summed E-state index contributed by atoms with van der Waals surface area (Å²) in [5.74, 6) is -2.10. The van der Waals surface area contributed by atoms with Crippen molar-refractivity contribution in [3.63, 3.8) is 0 Å². The highest BCUT2D eigenvalue weighted by Gasteiger charge is 2.31. The summed E-state index contributed by atoms with van der Waals surface area (Å²) in [5, 5.41) is 9.49. The summed E-state index contributed by atoms with van der Waals surface area (Å²) in [6.45, 7) is 3.07. The zero-order valence-electron chi connectivity index (χ0n) is 13.6. The number of ether oxygens (including phenoxy) is 1. The van der Waals surface area contributed by atoms with E-state index < -0.39 is 30.5 Å². The molecule has 1 amide bonds. The molecule has 9 heteroatoms. The van der Waals surface area contributed by atoms with Crippen molar-refractivity contribution in [2.75, 3.05) is 6.54 Å². The highest BCUT2D eigenvalue weighted by Crippen LogP contribution is 2.27. The third-order valence-electron chi connectivity index (χ3n) is 3.75. The number of benzene rings is 1. The van der Waals surface area contributed by atoms with Crippen molar-refractivity contribution in [2.24, 2.45) is 0 Å². The average molecular weight is 358 g/mol. The average Bonchev–Trinajstić information content (AvgIpc) is 2.92. The van der Waals surface area contributed by atoms with Crippen LogP contribution < -0.4 is 4.74 Å². The minimum absolute atomic E-state index is 0.0979. The Kier molecular flexibility index (Phi) is 5.24. The molecule has 1 aromatic heterocycles. The molecule has 0 bridgehead atoms. The molecule has 0 fully saturated rings. The lowest BCUT2D eigenvalue weighted by atomic mass is 10.2. The third-order valence-corrected chi connectivity index (χ3v) is 3.75. The predicted octanol–water partition coefficient (Wildman–Crippen LogP) is 3.39. The second kappa shape index (κ2) is 7.04. The van der Waals surface area contributed by atoms with Gasteiger partial charge in [0.2, 0.25) is 0 Å². The fourth-order valence-corrected chi connectivity index (χ4v) is 2.37. The van der Waals surface area contributed by atoms with Gasteiger partial charge in [-0.1, -0.05) is 6.92 Å². The number of carbonyl (C=O) groups excluding carboxylic acids is 1. The van der Waals surface area contributed by atoms with Gasteiger partial charge in [-0.05, 0) is 31.5 Å². The first-order valence-corrected chi connectivity index (χ1v) is 7.52. The molecule has 0 radical (unpaired) electrons. The van der Waals surface area contributed by atoms with Gasteiger partial charge in [-0.3, -0.25) is 9.59 Å². The van der Waals surface area contributed by atoms with Gasteiger partial charge in [0, 0.05) is 23.0 Å². The number of aliphatic carboxylic acids is 1. The van der Waals surface area contributed by atoms with Crippen molar-refractivity contribution in [2.45, 2.75) is 32.7 Å². The number of rotatable bonds is 6. The maximum atomic E-state index is 12.6. The maximum absolute atomic E-state index is 12.6. The summed E-state index contributed by atoms with van der Waals surface area (Å²) < 4.78 is 40.7. The fourth-order valence-electron chi connectivity index (χ4n) is 2.37. The standard InChI is InChI=1S/C16H17F3N2O4/c1-3-9(2)21(8-14(22)23)15(24)13-6-10-4-5-11(7-12(10)20-13)25-16(17,18)19/h4-7,9,20H,3,8H2,1-2H3,(H,22,23). The topological polar surface area (TPSA) is 82.6 Å². The molecule has 0 aliphatic carbocycles. The molecule has 25 heavy (non-hydrogen) atoms. The minimum atomic E-state index is -4.81. The zero-order chi connectivity index (χ0) is 18.8. The lowest BCUT2D eigenvalue weighted by Crippen LogP contribution is -2.42. The van der Waals surface area contributed by atoms with Gasteiger partial charge in [0.05, 0.1) is 0 Å². The quantitative estimate of drug-likeness (QED) is 0.829. The smallest absolute Gasteiger partial charge is 0.480 e. The molecule has 1 heterocycles. The van der Waals surface area contributed by atoms with Gasteiger partial charge in [-0.2, -0.15) is 0 Å². The number of aromatic nitrogens is 1. The summed E-state index contributed by atoms with van der Waals surface area (Å²) in [6.07, 6.45) is -4.25. The van der Waals surface area contributed by atoms with Crippen LogP contribution in [0.4, 0.5) is 13.2 Å². The lowest BCUT2D eigenvalue weighted by molar-refractivity contribution is -0.274. The largest absolute Gasteiger partial charge is 0.573 e. The summed E-state index contributed by atoms with van der Waals surface area (Å²) in [6, 6.07) is 4.81. The van der Waals surface area contributed by atoms with Gasteiger partial charge in [0.15, 0.2) is 0 Å². The first-order chi connectivity index (χ1) is 11.6. The molecule has 2 rings (SSSR count). The number of alkyl halides is 3. The van der Waals surface area contributed by atoms with E-state index >= 15 is 0 Å². The molecule has 6 nitrogen and oxygen atoms in total. The fraction of sp³-hybridized carbons (Fsp3) is 0.375. The Balaban J connectivity index is 2.33. The summed E-state index contributed by atoms with van der Waals surface area (Å²) in [7, 11) is 0. The van der Waals surface area contributed by atoms with Crippen LogP contribution in [0.2, 0.25) is 0 Å². The number of hydrogen-bond donors (Lipinski definition) is 2. The molecule has 1 unspecified atom stereocenters. The first kappa shape index (κ1) is 18.6. The summed E-state index contributed by atoms with van der Waals surface area (Å²) in [5.41, 5.74) is 0.380. The van der Waals surface area contributed by atoms with Crippen LogP contribution in [0, 0.1) is 0 Å². The van der Waals surface area contributed by atoms with Gasteiger partial charge in [0.25, 0.3) is 5.91 Å². The molecule has 0 saturated carbocycles. The molecule has 2 N–H and O–H groups in total. The van der Waals surface area contributed by atoms with Gasteiger partial charge in [-0.25, -0.2) is 0 Å². The number of fused-ring (bicyclic) bond motifs is 1. The minimum Gasteiger partial charge on any atom is -0.480 e. The molecule has 136 valence electrons. The molecule has 0 aliphatic rings. The number of carbonyl (C=O) groups is 2. The van der Waals surface area contributed by atoms with E-state index in [1.807, 2.05) is 6.92 Å². The van der Waals surface area contributed by atoms with E-state index in [9.17, 15) is 22.8 Å². The van der Waals surface area contributed by atoms with E-state index in [1.54, 1.807) is 6.92 Å². The van der Waals surface area contributed by atoms with E-state index in [2.05, 4.69) is 9.72 Å². The normalized spacial score (nSPS) is 12.8. The first-order valence-electron chi connectivity index (χ1n) is 7.52. The van der Waals surface area contributed by atoms with E-state index in [4.69, 9.17) is 5.11 Å². The van der Waals surface area contributed by atoms with Crippen LogP contribution in [-0.4, -0.2) is 45.8 Å². The highest BCUT2D eigenvalue weighted by molar-refractivity contribution is 5.99. The Bertz CT molecular complexity index is 785. The number of carboxylic acid groups (broad SMARTS) is 1. The number of halogens is 3. The Morgan fingerprint density at radius 2 is 2.00 bits per heavy atom. The third kappa shape index (κ3) is 4.65. The molecule has 1 aromatic carbocycles. The maximum Gasteiger partial charge on any atom is 0.573 e. The number of aromatic amines is 1. The van der Waals surface area contributed by atoms with Crippen LogP contribution in [0.3, 0.4) is 0 Å². The predicted molar refractivity (Wildman–Crippen MR) is 83.4 cm³/mol. The van der Waals surface area contributed by atoms with Crippen LogP contribution in [0.15, 0.2) is 24.3 Å². The number of amides is 1. The van der Waals surface area contributed by atoms with Gasteiger partial charge < -0.3 is 19.7 Å². The number of nitrogens with zero attached hydrogens (tertiary/aromatic N) is 1. The molecule has 0 spiro atoms. The van der Waals surface area contributed by atoms with E-state index in [0.29, 0.717) is 11.8 Å². The second-order valence-corrected chi connectivity index (χ2v) is 5.56. The van der Waals surface area contributed by atoms with Crippen molar-refractivity contribution < 1.29 is 32.6 Å². The Morgan fingerprint density at radius 3 is 2.56 bits per heavy atom. The number of nitrogens with one attached hydrogen (secondary N) is 1. The molecule has 2 aromatic rings. The monoisotopic (exact) mass is 358 g/mol. The Morgan fingerprint density at radius 1 is 1.32 bits per heavy atom. The van der Waals surface area contributed by atoms with Crippen molar-refractivity contribution in [1.82, 2.24) is 9.88 Å². The lowest BCUT2D eigenvalue weighted by Gasteiger charge is -2.26. The summed E-state index contributed by atoms with van der Waals surface area (Å²) in [4.78, 5) is 27.5. The van der Waals surface area contributed by atoms with Gasteiger partial charge in [-0.15, -0.1) is 13.2 Å². The van der Waals surface area contributed by atoms with Crippen molar-refractivity contribution in [3.8, 4) is 5.75 Å². The highest BCUT2D eigenvalue weighted by atomic mass is 19.4. The molecule has 0 aliphatic heterocycles. The van der Waals surface area contributed by atoms with Crippen molar-refractivity contribution >= 4 is 22.8 Å². The Hall–Kier alpha value is -2.71. The molecule has 1 atom stereocenters. The van der Waals surface area contributed by atoms with Crippen molar-refractivity contribution in [1.29, 1.82) is 0 Å². The molecule has 0 saturated heterocycles. The van der Waals surface area contributed by atoms with Crippen LogP contribution in [0.1, 0.15) is 30.8 Å². The van der Waals surface area contributed by atoms with Gasteiger partial charge >= 0.3 is 12.3 Å². The van der Waals surface area contributed by atoms with E-state index in [-0.39, 0.29) is 17.3 Å². The van der Waals surface area contributed by atoms with E-state index in [1.165, 1.54) is 17.0 Å². The van der Waals surface area contributed by atoms with E-state index in [0.717, 1.165) is 12.1 Å². The number of carboxylic acids is 1. The summed E-state index contributed by atoms with van der Waals surface area (Å²) >= 11 is 0. The van der Waals surface area contributed by atoms with Crippen molar-refractivity contribution in [3.05, 3.63) is 30.0 Å². The SMILES string of the molecule is CCC(C)N(CC(=O)O)C(=O)c1cc2ccc(OC(F)(F)F)cc2[nH]1. The number of hydrogen-bond acceptors (Lipinski definition) is 3. The van der Waals surface area contributed by atoms with Crippen LogP contribution in [0.25, 0.3) is 10.9 Å². The van der Waals surface area contributed by atoms with Crippen LogP contribution >= 0.6 is 0 Å². The molecular formula is C16H17F3N2O4. The molecular weight excluding hydrogens is 341 g/mol. The van der Waals surface area contributed by atoms with Crippen LogP contribution in [-0.2, 0) is 4.79 Å². The second-order valence-electron chi connectivity index (χ2n) is 5.56. The van der Waals surface area contributed by atoms with Gasteiger partial charge in [0.1, 0.15) is 18.0 Å². The zero-order valence-corrected chi connectivity index (χ0v) is 13.6.